The van der Waals surface area contributed by atoms with Crippen LogP contribution in [0.15, 0.2) is 48.5 Å². The Morgan fingerprint density at radius 3 is 2.35 bits per heavy atom. The number of rotatable bonds is 4. The normalized spacial score (nSPS) is 10.3. The summed E-state index contributed by atoms with van der Waals surface area (Å²) >= 11 is 0. The quantitative estimate of drug-likeness (QED) is 0.837. The molecule has 1 amide bonds. The van der Waals surface area contributed by atoms with Crippen LogP contribution in [0.2, 0.25) is 0 Å². The first-order valence-corrected chi connectivity index (χ1v) is 6.42. The Labute approximate surface area is 118 Å². The molecule has 0 atom stereocenters. The Balaban J connectivity index is 2.08. The van der Waals surface area contributed by atoms with Gasteiger partial charge in [0, 0.05) is 5.56 Å². The Hall–Kier alpha value is -2.49. The number of phenolic OH excluding ortho intramolecular Hbond substituents is 1. The molecule has 0 aromatic heterocycles. The van der Waals surface area contributed by atoms with Crippen LogP contribution in [0.3, 0.4) is 0 Å². The van der Waals surface area contributed by atoms with Crippen LogP contribution in [-0.4, -0.2) is 17.1 Å². The Kier molecular flexibility index (Phi) is 4.25. The fraction of sp³-hybridized carbons (Fsp3) is 0.188. The maximum absolute atomic E-state index is 12.0. The molecule has 0 aliphatic heterocycles. The molecule has 0 aliphatic rings. The van der Waals surface area contributed by atoms with Crippen molar-refractivity contribution in [3.63, 3.8) is 0 Å². The van der Waals surface area contributed by atoms with Crippen molar-refractivity contribution >= 4 is 11.6 Å². The third-order valence-electron chi connectivity index (χ3n) is 2.64. The summed E-state index contributed by atoms with van der Waals surface area (Å²) in [5, 5.41) is 12.3. The zero-order chi connectivity index (χ0) is 14.5. The fourth-order valence-electron chi connectivity index (χ4n) is 1.73. The van der Waals surface area contributed by atoms with Crippen LogP contribution in [0.5, 0.6) is 11.5 Å². The molecule has 0 aliphatic carbocycles. The van der Waals surface area contributed by atoms with Gasteiger partial charge in [-0.2, -0.15) is 0 Å². The molecule has 2 aromatic carbocycles. The lowest BCUT2D eigenvalue weighted by molar-refractivity contribution is 0.102. The molecule has 0 saturated heterocycles. The smallest absolute Gasteiger partial charge is 0.255 e. The van der Waals surface area contributed by atoms with Gasteiger partial charge in [-0.05, 0) is 50.2 Å². The molecule has 4 nitrogen and oxygen atoms in total. The van der Waals surface area contributed by atoms with Gasteiger partial charge in [-0.15, -0.1) is 0 Å². The first kappa shape index (κ1) is 13.9. The zero-order valence-electron chi connectivity index (χ0n) is 11.5. The van der Waals surface area contributed by atoms with Gasteiger partial charge in [0.25, 0.3) is 5.91 Å². The van der Waals surface area contributed by atoms with Crippen LogP contribution in [0.25, 0.3) is 0 Å². The SMILES string of the molecule is CC(C)Oc1ccc(C(=O)Nc2ccccc2O)cc1. The molecule has 2 aromatic rings. The minimum Gasteiger partial charge on any atom is -0.506 e. The third kappa shape index (κ3) is 3.51. The minimum absolute atomic E-state index is 0.0422. The van der Waals surface area contributed by atoms with Gasteiger partial charge in [0.1, 0.15) is 11.5 Å². The highest BCUT2D eigenvalue weighted by molar-refractivity contribution is 6.05. The van der Waals surface area contributed by atoms with Gasteiger partial charge in [0.15, 0.2) is 0 Å². The van der Waals surface area contributed by atoms with Crippen molar-refractivity contribution in [3.05, 3.63) is 54.1 Å². The number of anilines is 1. The molecule has 0 saturated carbocycles. The minimum atomic E-state index is -0.275. The molecular formula is C16H17NO3. The number of nitrogens with one attached hydrogen (secondary N) is 1. The number of hydrogen-bond donors (Lipinski definition) is 2. The second-order valence-corrected chi connectivity index (χ2v) is 4.66. The monoisotopic (exact) mass is 271 g/mol. The molecule has 2 rings (SSSR count). The summed E-state index contributed by atoms with van der Waals surface area (Å²) in [6.45, 7) is 3.89. The maximum Gasteiger partial charge on any atom is 0.255 e. The molecular weight excluding hydrogens is 254 g/mol. The van der Waals surface area contributed by atoms with Crippen LogP contribution >= 0.6 is 0 Å². The molecule has 2 N–H and O–H groups in total. The predicted molar refractivity (Wildman–Crippen MR) is 78.3 cm³/mol. The van der Waals surface area contributed by atoms with Crippen LogP contribution in [-0.2, 0) is 0 Å². The topological polar surface area (TPSA) is 58.6 Å². The van der Waals surface area contributed by atoms with E-state index in [1.165, 1.54) is 6.07 Å². The summed E-state index contributed by atoms with van der Waals surface area (Å²) in [7, 11) is 0. The van der Waals surface area contributed by atoms with E-state index in [2.05, 4.69) is 5.32 Å². The van der Waals surface area contributed by atoms with E-state index >= 15 is 0 Å². The molecule has 0 spiro atoms. The fourth-order valence-corrected chi connectivity index (χ4v) is 1.73. The molecule has 0 bridgehead atoms. The summed E-state index contributed by atoms with van der Waals surface area (Å²) in [5.74, 6) is 0.488. The predicted octanol–water partition coefficient (Wildman–Crippen LogP) is 3.43. The van der Waals surface area contributed by atoms with E-state index < -0.39 is 0 Å². The van der Waals surface area contributed by atoms with Crippen LogP contribution < -0.4 is 10.1 Å². The van der Waals surface area contributed by atoms with Gasteiger partial charge in [-0.1, -0.05) is 12.1 Å². The Bertz CT molecular complexity index is 591. The van der Waals surface area contributed by atoms with E-state index in [1.54, 1.807) is 42.5 Å². The Morgan fingerprint density at radius 2 is 1.75 bits per heavy atom. The van der Waals surface area contributed by atoms with E-state index in [9.17, 15) is 9.90 Å². The van der Waals surface area contributed by atoms with Crippen LogP contribution in [0.4, 0.5) is 5.69 Å². The summed E-state index contributed by atoms with van der Waals surface area (Å²) < 4.78 is 5.51. The van der Waals surface area contributed by atoms with Crippen molar-refractivity contribution in [1.29, 1.82) is 0 Å². The van der Waals surface area contributed by atoms with E-state index in [0.717, 1.165) is 5.75 Å². The van der Waals surface area contributed by atoms with Crippen molar-refractivity contribution < 1.29 is 14.6 Å². The van der Waals surface area contributed by atoms with E-state index in [0.29, 0.717) is 11.3 Å². The molecule has 0 fully saturated rings. The van der Waals surface area contributed by atoms with Crippen molar-refractivity contribution in [2.24, 2.45) is 0 Å². The number of benzene rings is 2. The lowest BCUT2D eigenvalue weighted by atomic mass is 10.2. The highest BCUT2D eigenvalue weighted by Gasteiger charge is 2.08. The number of phenols is 1. The number of amides is 1. The number of carbonyl (C=O) groups is 1. The summed E-state index contributed by atoms with van der Waals surface area (Å²) in [4.78, 5) is 12.0. The van der Waals surface area contributed by atoms with Crippen molar-refractivity contribution in [2.45, 2.75) is 20.0 Å². The summed E-state index contributed by atoms with van der Waals surface area (Å²) in [6, 6.07) is 13.5. The lowest BCUT2D eigenvalue weighted by Crippen LogP contribution is -2.12. The number of carbonyl (C=O) groups excluding carboxylic acids is 1. The van der Waals surface area contributed by atoms with Gasteiger partial charge >= 0.3 is 0 Å². The van der Waals surface area contributed by atoms with Gasteiger partial charge in [0.05, 0.1) is 11.8 Å². The number of aromatic hydroxyl groups is 1. The second kappa shape index (κ2) is 6.10. The molecule has 0 radical (unpaired) electrons. The summed E-state index contributed by atoms with van der Waals surface area (Å²) in [5.41, 5.74) is 0.893. The van der Waals surface area contributed by atoms with E-state index in [4.69, 9.17) is 4.74 Å². The van der Waals surface area contributed by atoms with E-state index in [1.807, 2.05) is 13.8 Å². The molecule has 20 heavy (non-hydrogen) atoms. The zero-order valence-corrected chi connectivity index (χ0v) is 11.5. The van der Waals surface area contributed by atoms with Gasteiger partial charge in [-0.25, -0.2) is 0 Å². The summed E-state index contributed by atoms with van der Waals surface area (Å²) in [6.07, 6.45) is 0.0935. The highest BCUT2D eigenvalue weighted by Crippen LogP contribution is 2.22. The van der Waals surface area contributed by atoms with Gasteiger partial charge < -0.3 is 15.2 Å². The maximum atomic E-state index is 12.0. The number of ether oxygens (including phenoxy) is 1. The lowest BCUT2D eigenvalue weighted by Gasteiger charge is -2.10. The van der Waals surface area contributed by atoms with Crippen LogP contribution in [0, 0.1) is 0 Å². The first-order valence-electron chi connectivity index (χ1n) is 6.42. The average molecular weight is 271 g/mol. The molecule has 104 valence electrons. The van der Waals surface area contributed by atoms with Crippen molar-refractivity contribution in [2.75, 3.05) is 5.32 Å². The molecule has 0 unspecified atom stereocenters. The molecule has 0 heterocycles. The number of hydrogen-bond acceptors (Lipinski definition) is 3. The van der Waals surface area contributed by atoms with Crippen molar-refractivity contribution in [1.82, 2.24) is 0 Å². The third-order valence-corrected chi connectivity index (χ3v) is 2.64. The highest BCUT2D eigenvalue weighted by atomic mass is 16.5. The van der Waals surface area contributed by atoms with Crippen molar-refractivity contribution in [3.8, 4) is 11.5 Å². The largest absolute Gasteiger partial charge is 0.506 e. The molecule has 4 heteroatoms. The van der Waals surface area contributed by atoms with Crippen LogP contribution in [0.1, 0.15) is 24.2 Å². The Morgan fingerprint density at radius 1 is 1.10 bits per heavy atom. The number of para-hydroxylation sites is 2. The van der Waals surface area contributed by atoms with E-state index in [-0.39, 0.29) is 17.8 Å². The average Bonchev–Trinajstić information content (AvgIpc) is 2.41. The standard InChI is InChI=1S/C16H17NO3/c1-11(2)20-13-9-7-12(8-10-13)16(19)17-14-5-3-4-6-15(14)18/h3-11,18H,1-2H3,(H,17,19). The van der Waals surface area contributed by atoms with Gasteiger partial charge in [0.2, 0.25) is 0 Å². The second-order valence-electron chi connectivity index (χ2n) is 4.66. The van der Waals surface area contributed by atoms with Gasteiger partial charge in [-0.3, -0.25) is 4.79 Å². The first-order chi connectivity index (χ1) is 9.56.